The van der Waals surface area contributed by atoms with E-state index in [1.54, 1.807) is 19.2 Å². The van der Waals surface area contributed by atoms with Crippen molar-refractivity contribution in [3.05, 3.63) is 22.2 Å². The number of ether oxygens (including phenoxy) is 2. The van der Waals surface area contributed by atoms with Crippen LogP contribution in [0.15, 0.2) is 16.6 Å². The van der Waals surface area contributed by atoms with Crippen LogP contribution < -0.4 is 15.2 Å². The number of carbonyl (C=O) groups excluding carboxylic acids is 1. The lowest BCUT2D eigenvalue weighted by atomic mass is 10.1. The average Bonchev–Trinajstić information content (AvgIpc) is 2.28. The van der Waals surface area contributed by atoms with E-state index >= 15 is 0 Å². The van der Waals surface area contributed by atoms with Crippen molar-refractivity contribution in [2.45, 2.75) is 6.42 Å². The zero-order chi connectivity index (χ0) is 12.1. The number of methoxy groups -OCH3 is 2. The molecule has 0 spiro atoms. The fraction of sp³-hybridized carbons (Fsp3) is 0.364. The zero-order valence-corrected chi connectivity index (χ0v) is 10.8. The number of hydrogen-bond acceptors (Lipinski definition) is 4. The monoisotopic (exact) mass is 287 g/mol. The Bertz CT molecular complexity index is 393. The molecule has 88 valence electrons. The highest BCUT2D eigenvalue weighted by Crippen LogP contribution is 2.34. The molecule has 0 bridgehead atoms. The Kier molecular flexibility index (Phi) is 4.76. The van der Waals surface area contributed by atoms with Gasteiger partial charge in [0.2, 0.25) is 0 Å². The summed E-state index contributed by atoms with van der Waals surface area (Å²) < 4.78 is 11.0. The van der Waals surface area contributed by atoms with Gasteiger partial charge in [-0.15, -0.1) is 0 Å². The van der Waals surface area contributed by atoms with E-state index < -0.39 is 0 Å². The third kappa shape index (κ3) is 2.74. The second-order valence-corrected chi connectivity index (χ2v) is 4.01. The molecule has 0 aliphatic heterocycles. The van der Waals surface area contributed by atoms with Crippen molar-refractivity contribution >= 4 is 21.7 Å². The van der Waals surface area contributed by atoms with Gasteiger partial charge in [-0.25, -0.2) is 0 Å². The molecule has 0 saturated carbocycles. The van der Waals surface area contributed by atoms with E-state index in [1.165, 1.54) is 7.11 Å². The molecule has 0 aromatic heterocycles. The minimum atomic E-state index is -0.0565. The van der Waals surface area contributed by atoms with E-state index in [1.807, 2.05) is 0 Å². The summed E-state index contributed by atoms with van der Waals surface area (Å²) in [6, 6.07) is 3.40. The molecule has 0 aliphatic carbocycles. The van der Waals surface area contributed by atoms with Gasteiger partial charge in [0, 0.05) is 6.42 Å². The molecular weight excluding hydrogens is 274 g/mol. The van der Waals surface area contributed by atoms with Crippen LogP contribution in [0.2, 0.25) is 0 Å². The second-order valence-electron chi connectivity index (χ2n) is 3.15. The van der Waals surface area contributed by atoms with Crippen LogP contribution in [0.3, 0.4) is 0 Å². The fourth-order valence-electron chi connectivity index (χ4n) is 1.37. The van der Waals surface area contributed by atoms with Gasteiger partial charge < -0.3 is 15.2 Å². The number of ketones is 1. The van der Waals surface area contributed by atoms with Gasteiger partial charge in [-0.1, -0.05) is 0 Å². The Morgan fingerprint density at radius 1 is 1.38 bits per heavy atom. The van der Waals surface area contributed by atoms with Crippen LogP contribution >= 0.6 is 15.9 Å². The number of benzene rings is 1. The maximum atomic E-state index is 11.8. The predicted molar refractivity (Wildman–Crippen MR) is 65.2 cm³/mol. The molecular formula is C11H14BrNO3. The molecule has 4 nitrogen and oxygen atoms in total. The summed E-state index contributed by atoms with van der Waals surface area (Å²) >= 11 is 3.33. The van der Waals surface area contributed by atoms with Gasteiger partial charge in [0.05, 0.1) is 24.3 Å². The molecule has 0 atom stereocenters. The van der Waals surface area contributed by atoms with Gasteiger partial charge in [0.15, 0.2) is 5.78 Å². The lowest BCUT2D eigenvalue weighted by Crippen LogP contribution is -2.09. The van der Waals surface area contributed by atoms with Crippen LogP contribution in [0.1, 0.15) is 16.8 Å². The molecule has 0 fully saturated rings. The normalized spacial score (nSPS) is 10.0. The first-order valence-corrected chi connectivity index (χ1v) is 5.58. The number of hydrogen-bond donors (Lipinski definition) is 1. The van der Waals surface area contributed by atoms with E-state index in [4.69, 9.17) is 15.2 Å². The summed E-state index contributed by atoms with van der Waals surface area (Å²) in [7, 11) is 3.07. The number of rotatable bonds is 5. The van der Waals surface area contributed by atoms with Crippen LogP contribution in [0.25, 0.3) is 0 Å². The van der Waals surface area contributed by atoms with Crippen LogP contribution in [0, 0.1) is 0 Å². The average molecular weight is 288 g/mol. The molecule has 0 unspecified atom stereocenters. The molecule has 1 aromatic carbocycles. The SMILES string of the molecule is COc1cc(Br)c(OC)c(C(=O)CCN)c1. The Morgan fingerprint density at radius 3 is 2.56 bits per heavy atom. The summed E-state index contributed by atoms with van der Waals surface area (Å²) in [5.41, 5.74) is 5.85. The number of halogens is 1. The lowest BCUT2D eigenvalue weighted by Gasteiger charge is -2.11. The lowest BCUT2D eigenvalue weighted by molar-refractivity contribution is 0.0982. The van der Waals surface area contributed by atoms with Crippen LogP contribution in [0.4, 0.5) is 0 Å². The summed E-state index contributed by atoms with van der Waals surface area (Å²) in [5.74, 6) is 1.06. The first kappa shape index (κ1) is 13.0. The first-order valence-electron chi connectivity index (χ1n) is 4.78. The third-order valence-corrected chi connectivity index (χ3v) is 2.72. The fourth-order valence-corrected chi connectivity index (χ4v) is 1.97. The molecule has 2 N–H and O–H groups in total. The Labute approximate surface area is 103 Å². The van der Waals surface area contributed by atoms with E-state index in [-0.39, 0.29) is 12.2 Å². The van der Waals surface area contributed by atoms with Crippen LogP contribution in [-0.2, 0) is 0 Å². The highest BCUT2D eigenvalue weighted by atomic mass is 79.9. The first-order chi connectivity index (χ1) is 7.63. The number of Topliss-reactive ketones (excluding diaryl/α,β-unsaturated/α-hetero) is 1. The quantitative estimate of drug-likeness (QED) is 0.842. The molecule has 0 saturated heterocycles. The zero-order valence-electron chi connectivity index (χ0n) is 9.25. The molecule has 5 heteroatoms. The molecule has 0 aliphatic rings. The second kappa shape index (κ2) is 5.86. The highest BCUT2D eigenvalue weighted by Gasteiger charge is 2.16. The van der Waals surface area contributed by atoms with Gasteiger partial charge in [-0.3, -0.25) is 4.79 Å². The van der Waals surface area contributed by atoms with Gasteiger partial charge in [-0.05, 0) is 34.6 Å². The maximum absolute atomic E-state index is 11.8. The maximum Gasteiger partial charge on any atom is 0.168 e. The smallest absolute Gasteiger partial charge is 0.168 e. The van der Waals surface area contributed by atoms with Gasteiger partial charge in [-0.2, -0.15) is 0 Å². The molecule has 0 radical (unpaired) electrons. The Balaban J connectivity index is 3.22. The van der Waals surface area contributed by atoms with E-state index in [9.17, 15) is 4.79 Å². The van der Waals surface area contributed by atoms with E-state index in [2.05, 4.69) is 15.9 Å². The minimum Gasteiger partial charge on any atom is -0.497 e. The highest BCUT2D eigenvalue weighted by molar-refractivity contribution is 9.10. The van der Waals surface area contributed by atoms with E-state index in [0.717, 1.165) is 0 Å². The molecule has 1 aromatic rings. The largest absolute Gasteiger partial charge is 0.497 e. The summed E-state index contributed by atoms with van der Waals surface area (Å²) in [6.07, 6.45) is 0.288. The van der Waals surface area contributed by atoms with Crippen molar-refractivity contribution in [3.63, 3.8) is 0 Å². The van der Waals surface area contributed by atoms with Crippen LogP contribution in [-0.4, -0.2) is 26.5 Å². The van der Waals surface area contributed by atoms with Crippen molar-refractivity contribution in [2.75, 3.05) is 20.8 Å². The van der Waals surface area contributed by atoms with Crippen molar-refractivity contribution in [1.82, 2.24) is 0 Å². The number of carbonyl (C=O) groups is 1. The summed E-state index contributed by atoms with van der Waals surface area (Å²) in [4.78, 5) is 11.8. The van der Waals surface area contributed by atoms with E-state index in [0.29, 0.717) is 28.1 Å². The molecule has 0 amide bonds. The van der Waals surface area contributed by atoms with Crippen molar-refractivity contribution in [2.24, 2.45) is 5.73 Å². The van der Waals surface area contributed by atoms with Crippen molar-refractivity contribution < 1.29 is 14.3 Å². The summed E-state index contributed by atoms with van der Waals surface area (Å²) in [6.45, 7) is 0.316. The van der Waals surface area contributed by atoms with Gasteiger partial charge >= 0.3 is 0 Å². The Morgan fingerprint density at radius 2 is 2.06 bits per heavy atom. The van der Waals surface area contributed by atoms with Crippen molar-refractivity contribution in [1.29, 1.82) is 0 Å². The molecule has 16 heavy (non-hydrogen) atoms. The topological polar surface area (TPSA) is 61.5 Å². The predicted octanol–water partition coefficient (Wildman–Crippen LogP) is 2.00. The Hall–Kier alpha value is -1.07. The minimum absolute atomic E-state index is 0.0565. The number of nitrogens with two attached hydrogens (primary N) is 1. The van der Waals surface area contributed by atoms with Gasteiger partial charge in [0.25, 0.3) is 0 Å². The molecule has 1 rings (SSSR count). The third-order valence-electron chi connectivity index (χ3n) is 2.13. The van der Waals surface area contributed by atoms with Crippen LogP contribution in [0.5, 0.6) is 11.5 Å². The standard InChI is InChI=1S/C11H14BrNO3/c1-15-7-5-8(10(14)3-4-13)11(16-2)9(12)6-7/h5-6H,3-4,13H2,1-2H3. The van der Waals surface area contributed by atoms with Gasteiger partial charge in [0.1, 0.15) is 11.5 Å². The molecule has 0 heterocycles. The summed E-state index contributed by atoms with van der Waals surface area (Å²) in [5, 5.41) is 0. The van der Waals surface area contributed by atoms with Crippen molar-refractivity contribution in [3.8, 4) is 11.5 Å².